The number of rotatable bonds is 3. The Morgan fingerprint density at radius 3 is 2.88 bits per heavy atom. The molecule has 90 valence electrons. The molecule has 1 saturated heterocycles. The summed E-state index contributed by atoms with van der Waals surface area (Å²) in [7, 11) is 0. The van der Waals surface area contributed by atoms with Gasteiger partial charge in [-0.3, -0.25) is 0 Å². The van der Waals surface area contributed by atoms with E-state index in [1.165, 1.54) is 11.3 Å². The van der Waals surface area contributed by atoms with E-state index in [2.05, 4.69) is 5.32 Å². The molecule has 1 aromatic rings. The molecule has 1 fully saturated rings. The number of hydrogen-bond donors (Lipinski definition) is 1. The second kappa shape index (κ2) is 4.80. The minimum atomic E-state index is -2.67. The van der Waals surface area contributed by atoms with E-state index >= 15 is 0 Å². The van der Waals surface area contributed by atoms with Crippen LogP contribution < -0.4 is 5.32 Å². The van der Waals surface area contributed by atoms with Crippen LogP contribution in [0.3, 0.4) is 0 Å². The Bertz CT molecular complexity index is 343. The van der Waals surface area contributed by atoms with Gasteiger partial charge < -0.3 is 5.32 Å². The maximum absolute atomic E-state index is 14.0. The standard InChI is InChI=1S/C12H17F2NS/c1-9-5-7-16-11(9)12(13,14)8-10-4-2-3-6-15-10/h5,7,10,15H,2-4,6,8H2,1H3. The third kappa shape index (κ3) is 2.61. The molecule has 0 radical (unpaired) electrons. The van der Waals surface area contributed by atoms with Crippen LogP contribution in [0.25, 0.3) is 0 Å². The van der Waals surface area contributed by atoms with Crippen LogP contribution in [0.1, 0.15) is 36.1 Å². The number of alkyl halides is 2. The molecular formula is C12H17F2NS. The Morgan fingerprint density at radius 1 is 1.50 bits per heavy atom. The summed E-state index contributed by atoms with van der Waals surface area (Å²) in [5.41, 5.74) is 0.714. The van der Waals surface area contributed by atoms with Gasteiger partial charge in [-0.15, -0.1) is 11.3 Å². The smallest absolute Gasteiger partial charge is 0.283 e. The largest absolute Gasteiger partial charge is 0.314 e. The summed E-state index contributed by atoms with van der Waals surface area (Å²) < 4.78 is 28.0. The van der Waals surface area contributed by atoms with Crippen molar-refractivity contribution in [3.63, 3.8) is 0 Å². The van der Waals surface area contributed by atoms with Crippen molar-refractivity contribution in [1.29, 1.82) is 0 Å². The van der Waals surface area contributed by atoms with Crippen molar-refractivity contribution in [3.8, 4) is 0 Å². The van der Waals surface area contributed by atoms with E-state index in [9.17, 15) is 8.78 Å². The molecule has 1 N–H and O–H groups in total. The molecule has 1 nitrogen and oxygen atoms in total. The highest BCUT2D eigenvalue weighted by molar-refractivity contribution is 7.10. The van der Waals surface area contributed by atoms with Crippen molar-refractivity contribution >= 4 is 11.3 Å². The van der Waals surface area contributed by atoms with Crippen LogP contribution in [0, 0.1) is 6.92 Å². The highest BCUT2D eigenvalue weighted by Crippen LogP contribution is 2.39. The molecule has 1 aliphatic heterocycles. The molecule has 4 heteroatoms. The zero-order valence-corrected chi connectivity index (χ0v) is 10.2. The Kier molecular flexibility index (Phi) is 3.60. The Labute approximate surface area is 98.9 Å². The van der Waals surface area contributed by atoms with Gasteiger partial charge in [0.1, 0.15) is 0 Å². The minimum Gasteiger partial charge on any atom is -0.314 e. The lowest BCUT2D eigenvalue weighted by Gasteiger charge is -2.27. The van der Waals surface area contributed by atoms with Crippen LogP contribution in [-0.2, 0) is 5.92 Å². The second-order valence-corrected chi connectivity index (χ2v) is 5.40. The monoisotopic (exact) mass is 245 g/mol. The fourth-order valence-electron chi connectivity index (χ4n) is 2.25. The van der Waals surface area contributed by atoms with Crippen molar-refractivity contribution in [2.24, 2.45) is 0 Å². The Morgan fingerprint density at radius 2 is 2.31 bits per heavy atom. The summed E-state index contributed by atoms with van der Waals surface area (Å²) in [6.45, 7) is 2.64. The average Bonchev–Trinajstić information content (AvgIpc) is 2.66. The third-order valence-electron chi connectivity index (χ3n) is 3.11. The lowest BCUT2D eigenvalue weighted by atomic mass is 9.97. The normalized spacial score (nSPS) is 22.3. The molecule has 0 aromatic carbocycles. The van der Waals surface area contributed by atoms with Crippen molar-refractivity contribution in [2.45, 2.75) is 44.6 Å². The molecule has 1 atom stereocenters. The molecule has 1 aliphatic rings. The Hall–Kier alpha value is -0.480. The topological polar surface area (TPSA) is 12.0 Å². The predicted octanol–water partition coefficient (Wildman–Crippen LogP) is 3.68. The summed E-state index contributed by atoms with van der Waals surface area (Å²) in [5.74, 6) is -2.67. The quantitative estimate of drug-likeness (QED) is 0.856. The fraction of sp³-hybridized carbons (Fsp3) is 0.667. The van der Waals surface area contributed by atoms with Gasteiger partial charge in [0, 0.05) is 12.5 Å². The van der Waals surface area contributed by atoms with Crippen LogP contribution in [0.4, 0.5) is 8.78 Å². The molecule has 2 heterocycles. The first-order valence-corrected chi connectivity index (χ1v) is 6.63. The van der Waals surface area contributed by atoms with Crippen LogP contribution in [-0.4, -0.2) is 12.6 Å². The molecule has 0 saturated carbocycles. The van der Waals surface area contributed by atoms with Gasteiger partial charge in [0.25, 0.3) is 5.92 Å². The summed E-state index contributed by atoms with van der Waals surface area (Å²) in [6, 6.07) is 1.74. The molecule has 0 spiro atoms. The second-order valence-electron chi connectivity index (χ2n) is 4.49. The average molecular weight is 245 g/mol. The highest BCUT2D eigenvalue weighted by atomic mass is 32.1. The first-order valence-electron chi connectivity index (χ1n) is 5.75. The van der Waals surface area contributed by atoms with Gasteiger partial charge in [-0.05, 0) is 43.3 Å². The summed E-state index contributed by atoms with van der Waals surface area (Å²) >= 11 is 1.17. The highest BCUT2D eigenvalue weighted by Gasteiger charge is 2.37. The van der Waals surface area contributed by atoms with Crippen molar-refractivity contribution < 1.29 is 8.78 Å². The van der Waals surface area contributed by atoms with Gasteiger partial charge in [0.05, 0.1) is 4.88 Å². The SMILES string of the molecule is Cc1ccsc1C(F)(F)CC1CCCCN1. The zero-order valence-electron chi connectivity index (χ0n) is 9.43. The molecule has 0 bridgehead atoms. The van der Waals surface area contributed by atoms with Crippen LogP contribution in [0.5, 0.6) is 0 Å². The van der Waals surface area contributed by atoms with E-state index in [1.807, 2.05) is 0 Å². The molecule has 2 rings (SSSR count). The van der Waals surface area contributed by atoms with Crippen molar-refractivity contribution in [2.75, 3.05) is 6.54 Å². The molecule has 1 aromatic heterocycles. The van der Waals surface area contributed by atoms with Crippen LogP contribution in [0.15, 0.2) is 11.4 Å². The van der Waals surface area contributed by atoms with E-state index < -0.39 is 5.92 Å². The lowest BCUT2D eigenvalue weighted by molar-refractivity contribution is -0.0221. The molecular weight excluding hydrogens is 228 g/mol. The summed E-state index contributed by atoms with van der Waals surface area (Å²) in [4.78, 5) is 0.236. The number of aryl methyl sites for hydroxylation is 1. The maximum Gasteiger partial charge on any atom is 0.283 e. The number of nitrogens with one attached hydrogen (secondary N) is 1. The van der Waals surface area contributed by atoms with E-state index in [4.69, 9.17) is 0 Å². The van der Waals surface area contributed by atoms with Gasteiger partial charge in [0.15, 0.2) is 0 Å². The van der Waals surface area contributed by atoms with Crippen LogP contribution in [0.2, 0.25) is 0 Å². The lowest BCUT2D eigenvalue weighted by Crippen LogP contribution is -2.37. The van der Waals surface area contributed by atoms with E-state index in [-0.39, 0.29) is 17.3 Å². The number of piperidine rings is 1. The Balaban J connectivity index is 2.04. The molecule has 16 heavy (non-hydrogen) atoms. The molecule has 1 unspecified atom stereocenters. The zero-order chi connectivity index (χ0) is 11.6. The van der Waals surface area contributed by atoms with Gasteiger partial charge >= 0.3 is 0 Å². The first-order chi connectivity index (χ1) is 7.59. The number of halogens is 2. The van der Waals surface area contributed by atoms with Gasteiger partial charge in [-0.1, -0.05) is 6.42 Å². The molecule has 0 aliphatic carbocycles. The summed E-state index contributed by atoms with van der Waals surface area (Å²) in [5, 5.41) is 4.92. The van der Waals surface area contributed by atoms with Gasteiger partial charge in [0.2, 0.25) is 0 Å². The van der Waals surface area contributed by atoms with E-state index in [1.54, 1.807) is 18.4 Å². The predicted molar refractivity (Wildman–Crippen MR) is 63.2 cm³/mol. The van der Waals surface area contributed by atoms with Gasteiger partial charge in [-0.25, -0.2) is 8.78 Å². The maximum atomic E-state index is 14.0. The number of thiophene rings is 1. The third-order valence-corrected chi connectivity index (χ3v) is 4.24. The van der Waals surface area contributed by atoms with Crippen LogP contribution >= 0.6 is 11.3 Å². The molecule has 0 amide bonds. The number of hydrogen-bond acceptors (Lipinski definition) is 2. The fourth-order valence-corrected chi connectivity index (χ4v) is 3.17. The summed E-state index contributed by atoms with van der Waals surface area (Å²) in [6.07, 6.45) is 2.99. The van der Waals surface area contributed by atoms with Gasteiger partial charge in [-0.2, -0.15) is 0 Å². The first kappa shape index (κ1) is 12.0. The van der Waals surface area contributed by atoms with E-state index in [0.29, 0.717) is 5.56 Å². The van der Waals surface area contributed by atoms with Crippen molar-refractivity contribution in [1.82, 2.24) is 5.32 Å². The van der Waals surface area contributed by atoms with E-state index in [0.717, 1.165) is 25.8 Å². The van der Waals surface area contributed by atoms with Crippen molar-refractivity contribution in [3.05, 3.63) is 21.9 Å². The minimum absolute atomic E-state index is 0.0229.